The van der Waals surface area contributed by atoms with Crippen molar-refractivity contribution in [2.45, 2.75) is 78.4 Å². The molecule has 1 saturated carbocycles. The van der Waals surface area contributed by atoms with Gasteiger partial charge in [0.05, 0.1) is 12.7 Å². The summed E-state index contributed by atoms with van der Waals surface area (Å²) in [5, 5.41) is 6.58. The SMILES string of the molecule is CC(C)(C)OC(=O)NC1CCCCC1.CCNc1cc(Cl)cc(C(=O)OC)c1C. The maximum absolute atomic E-state index is 11.4. The summed E-state index contributed by atoms with van der Waals surface area (Å²) >= 11 is 5.91. The molecule has 2 N–H and O–H groups in total. The van der Waals surface area contributed by atoms with Crippen LogP contribution in [0.15, 0.2) is 12.1 Å². The number of ether oxygens (including phenoxy) is 2. The van der Waals surface area contributed by atoms with E-state index in [0.29, 0.717) is 16.6 Å². The molecule has 0 aromatic heterocycles. The molecule has 1 aromatic carbocycles. The average molecular weight is 427 g/mol. The van der Waals surface area contributed by atoms with E-state index in [2.05, 4.69) is 15.4 Å². The van der Waals surface area contributed by atoms with Gasteiger partial charge in [-0.15, -0.1) is 0 Å². The van der Waals surface area contributed by atoms with Gasteiger partial charge in [0, 0.05) is 23.3 Å². The fourth-order valence-electron chi connectivity index (χ4n) is 3.10. The van der Waals surface area contributed by atoms with Crippen LogP contribution >= 0.6 is 11.6 Å². The van der Waals surface area contributed by atoms with E-state index < -0.39 is 5.60 Å². The lowest BCUT2D eigenvalue weighted by atomic mass is 9.96. The molecular weight excluding hydrogens is 392 g/mol. The van der Waals surface area contributed by atoms with E-state index in [1.807, 2.05) is 34.6 Å². The summed E-state index contributed by atoms with van der Waals surface area (Å²) in [5.41, 5.74) is 1.83. The Hall–Kier alpha value is -1.95. The fourth-order valence-corrected chi connectivity index (χ4v) is 3.31. The number of halogens is 1. The second-order valence-electron chi connectivity index (χ2n) is 8.13. The third-order valence-corrected chi connectivity index (χ3v) is 4.69. The largest absolute Gasteiger partial charge is 0.465 e. The minimum Gasteiger partial charge on any atom is -0.465 e. The minimum atomic E-state index is -0.390. The first kappa shape index (κ1) is 25.1. The van der Waals surface area contributed by atoms with E-state index in [1.54, 1.807) is 12.1 Å². The zero-order chi connectivity index (χ0) is 22.0. The maximum Gasteiger partial charge on any atom is 0.407 e. The lowest BCUT2D eigenvalue weighted by Crippen LogP contribution is -2.39. The smallest absolute Gasteiger partial charge is 0.407 e. The van der Waals surface area contributed by atoms with Gasteiger partial charge in [-0.1, -0.05) is 30.9 Å². The standard InChI is InChI=1S/C11H14ClNO2.C11H21NO2/c1-4-13-10-6-8(12)5-9(7(10)2)11(14)15-3;1-11(2,3)14-10(13)12-9-7-5-4-6-8-9/h5-6,13H,4H2,1-3H3;9H,4-8H2,1-3H3,(H,12,13). The minimum absolute atomic E-state index is 0.274. The van der Waals surface area contributed by atoms with Crippen LogP contribution in [0, 0.1) is 6.92 Å². The number of nitrogens with one attached hydrogen (secondary N) is 2. The van der Waals surface area contributed by atoms with Crippen LogP contribution in [0.1, 0.15) is 75.7 Å². The topological polar surface area (TPSA) is 76.7 Å². The van der Waals surface area contributed by atoms with Crippen molar-refractivity contribution in [1.29, 1.82) is 0 Å². The molecule has 6 nitrogen and oxygen atoms in total. The number of esters is 1. The summed E-state index contributed by atoms with van der Waals surface area (Å²) in [5.74, 6) is -0.367. The Morgan fingerprint density at radius 3 is 2.31 bits per heavy atom. The van der Waals surface area contributed by atoms with Crippen LogP contribution in [0.5, 0.6) is 0 Å². The third kappa shape index (κ3) is 9.39. The zero-order valence-electron chi connectivity index (χ0n) is 18.5. The second kappa shape index (κ2) is 11.9. The maximum atomic E-state index is 11.4. The van der Waals surface area contributed by atoms with Crippen LogP contribution in [-0.2, 0) is 9.47 Å². The van der Waals surface area contributed by atoms with Crippen molar-refractivity contribution in [2.24, 2.45) is 0 Å². The van der Waals surface area contributed by atoms with Crippen molar-refractivity contribution >= 4 is 29.4 Å². The Bertz CT molecular complexity index is 680. The van der Waals surface area contributed by atoms with Gasteiger partial charge >= 0.3 is 12.1 Å². The van der Waals surface area contributed by atoms with Gasteiger partial charge in [-0.05, 0) is 65.2 Å². The molecule has 164 valence electrons. The van der Waals surface area contributed by atoms with Gasteiger partial charge in [0.25, 0.3) is 0 Å². The number of methoxy groups -OCH3 is 1. The highest BCUT2D eigenvalue weighted by atomic mass is 35.5. The molecule has 0 aliphatic heterocycles. The molecule has 2 rings (SSSR count). The van der Waals surface area contributed by atoms with E-state index >= 15 is 0 Å². The molecule has 0 heterocycles. The number of alkyl carbamates (subject to hydrolysis) is 1. The first-order valence-electron chi connectivity index (χ1n) is 10.2. The van der Waals surface area contributed by atoms with Crippen molar-refractivity contribution in [3.63, 3.8) is 0 Å². The Kier molecular flexibility index (Phi) is 10.3. The number of hydrogen-bond acceptors (Lipinski definition) is 5. The molecule has 0 radical (unpaired) electrons. The predicted molar refractivity (Wildman–Crippen MR) is 118 cm³/mol. The molecule has 1 amide bonds. The first-order chi connectivity index (χ1) is 13.6. The van der Waals surface area contributed by atoms with Gasteiger partial charge < -0.3 is 20.1 Å². The molecule has 1 aromatic rings. The summed E-state index contributed by atoms with van der Waals surface area (Å²) in [6, 6.07) is 3.75. The fraction of sp³-hybridized carbons (Fsp3) is 0.636. The summed E-state index contributed by atoms with van der Waals surface area (Å²) in [4.78, 5) is 22.8. The lowest BCUT2D eigenvalue weighted by Gasteiger charge is -2.25. The summed E-state index contributed by atoms with van der Waals surface area (Å²) in [6.45, 7) is 10.3. The highest BCUT2D eigenvalue weighted by Crippen LogP contribution is 2.25. The molecule has 0 unspecified atom stereocenters. The normalized spacial score (nSPS) is 14.3. The van der Waals surface area contributed by atoms with Crippen molar-refractivity contribution in [3.05, 3.63) is 28.3 Å². The predicted octanol–water partition coefficient (Wildman–Crippen LogP) is 5.71. The number of rotatable bonds is 4. The first-order valence-corrected chi connectivity index (χ1v) is 10.6. The van der Waals surface area contributed by atoms with Crippen LogP contribution in [0.2, 0.25) is 5.02 Å². The van der Waals surface area contributed by atoms with Gasteiger partial charge in [0.1, 0.15) is 5.60 Å². The average Bonchev–Trinajstić information content (AvgIpc) is 2.63. The van der Waals surface area contributed by atoms with Gasteiger partial charge in [0.15, 0.2) is 0 Å². The Morgan fingerprint density at radius 1 is 1.17 bits per heavy atom. The monoisotopic (exact) mass is 426 g/mol. The van der Waals surface area contributed by atoms with E-state index in [1.165, 1.54) is 26.4 Å². The van der Waals surface area contributed by atoms with Crippen molar-refractivity contribution in [1.82, 2.24) is 5.32 Å². The number of amides is 1. The Labute approximate surface area is 179 Å². The number of hydrogen-bond donors (Lipinski definition) is 2. The van der Waals surface area contributed by atoms with E-state index in [0.717, 1.165) is 30.6 Å². The highest BCUT2D eigenvalue weighted by molar-refractivity contribution is 6.31. The second-order valence-corrected chi connectivity index (χ2v) is 8.57. The zero-order valence-corrected chi connectivity index (χ0v) is 19.2. The quantitative estimate of drug-likeness (QED) is 0.603. The molecule has 1 fully saturated rings. The number of carbonyl (C=O) groups excluding carboxylic acids is 2. The summed E-state index contributed by atoms with van der Waals surface area (Å²) < 4.78 is 9.87. The van der Waals surface area contributed by atoms with E-state index in [-0.39, 0.29) is 12.1 Å². The van der Waals surface area contributed by atoms with Crippen LogP contribution in [0.4, 0.5) is 10.5 Å². The Morgan fingerprint density at radius 2 is 1.79 bits per heavy atom. The van der Waals surface area contributed by atoms with Gasteiger partial charge in [-0.3, -0.25) is 0 Å². The molecule has 0 atom stereocenters. The van der Waals surface area contributed by atoms with Crippen molar-refractivity contribution in [2.75, 3.05) is 19.0 Å². The molecule has 29 heavy (non-hydrogen) atoms. The molecule has 1 aliphatic carbocycles. The molecule has 1 aliphatic rings. The van der Waals surface area contributed by atoms with E-state index in [9.17, 15) is 9.59 Å². The third-order valence-electron chi connectivity index (χ3n) is 4.47. The Balaban J connectivity index is 0.000000291. The molecule has 0 spiro atoms. The molecule has 0 bridgehead atoms. The van der Waals surface area contributed by atoms with Crippen LogP contribution < -0.4 is 10.6 Å². The van der Waals surface area contributed by atoms with Gasteiger partial charge in [0.2, 0.25) is 0 Å². The van der Waals surface area contributed by atoms with E-state index in [4.69, 9.17) is 16.3 Å². The van der Waals surface area contributed by atoms with Crippen molar-refractivity contribution in [3.8, 4) is 0 Å². The molecular formula is C22H35ClN2O4. The highest BCUT2D eigenvalue weighted by Gasteiger charge is 2.20. The molecule has 0 saturated heterocycles. The number of carbonyl (C=O) groups is 2. The molecule has 7 heteroatoms. The van der Waals surface area contributed by atoms with Crippen LogP contribution in [0.3, 0.4) is 0 Å². The summed E-state index contributed by atoms with van der Waals surface area (Å²) in [7, 11) is 1.36. The van der Waals surface area contributed by atoms with Gasteiger partial charge in [-0.25, -0.2) is 9.59 Å². The number of benzene rings is 1. The van der Waals surface area contributed by atoms with Crippen LogP contribution in [0.25, 0.3) is 0 Å². The van der Waals surface area contributed by atoms with Crippen molar-refractivity contribution < 1.29 is 19.1 Å². The number of anilines is 1. The van der Waals surface area contributed by atoms with Gasteiger partial charge in [-0.2, -0.15) is 0 Å². The van der Waals surface area contributed by atoms with Crippen LogP contribution in [-0.4, -0.2) is 37.4 Å². The lowest BCUT2D eigenvalue weighted by molar-refractivity contribution is 0.0492. The summed E-state index contributed by atoms with van der Waals surface area (Å²) in [6.07, 6.45) is 5.66.